The van der Waals surface area contributed by atoms with Gasteiger partial charge in [-0.3, -0.25) is 14.4 Å². The lowest BCUT2D eigenvalue weighted by Crippen LogP contribution is -2.29. The van der Waals surface area contributed by atoms with Gasteiger partial charge in [0.15, 0.2) is 0 Å². The largest absolute Gasteiger partial charge is 0.475 e. The number of nitrogens with zero attached hydrogens (tertiary/aromatic N) is 1. The van der Waals surface area contributed by atoms with Gasteiger partial charge in [0.25, 0.3) is 11.8 Å². The number of amides is 2. The van der Waals surface area contributed by atoms with E-state index in [0.717, 1.165) is 0 Å². The smallest absolute Gasteiger partial charge is 0.371 e. The van der Waals surface area contributed by atoms with Crippen LogP contribution in [0.15, 0.2) is 40.8 Å². The lowest BCUT2D eigenvalue weighted by Gasteiger charge is -2.11. The van der Waals surface area contributed by atoms with Gasteiger partial charge in [-0.15, -0.1) is 5.06 Å². The number of carboxylic acids is 1. The number of hydroxylamine groups is 2. The molecule has 1 aromatic carbocycles. The van der Waals surface area contributed by atoms with Crippen LogP contribution >= 0.6 is 0 Å². The minimum absolute atomic E-state index is 0.198. The summed E-state index contributed by atoms with van der Waals surface area (Å²) in [7, 11) is 0. The number of hydrogen-bond acceptors (Lipinski definition) is 5. The number of carboxylic acid groups (broad SMARTS) is 1. The number of fused-ring (bicyclic) bond motifs is 1. The first-order chi connectivity index (χ1) is 10.1. The molecule has 0 bridgehead atoms. The fraction of sp³-hybridized carbons (Fsp3) is 0.0714. The van der Waals surface area contributed by atoms with E-state index in [1.807, 2.05) is 0 Å². The number of carbonyl (C=O) groups is 3. The molecule has 2 amide bonds. The lowest BCUT2D eigenvalue weighted by molar-refractivity contribution is -0.105. The Morgan fingerprint density at radius 1 is 1.10 bits per heavy atom. The normalized spacial score (nSPS) is 13.6. The van der Waals surface area contributed by atoms with E-state index in [9.17, 15) is 14.4 Å². The highest BCUT2D eigenvalue weighted by Gasteiger charge is 2.36. The highest BCUT2D eigenvalue weighted by Crippen LogP contribution is 2.23. The van der Waals surface area contributed by atoms with Gasteiger partial charge in [-0.05, 0) is 24.3 Å². The van der Waals surface area contributed by atoms with Crippen molar-refractivity contribution in [3.63, 3.8) is 0 Å². The van der Waals surface area contributed by atoms with E-state index in [1.165, 1.54) is 24.3 Å². The average Bonchev–Trinajstić information content (AvgIpc) is 3.03. The molecule has 21 heavy (non-hydrogen) atoms. The molecule has 0 saturated carbocycles. The number of imide groups is 1. The molecule has 0 spiro atoms. The summed E-state index contributed by atoms with van der Waals surface area (Å²) >= 11 is 0. The van der Waals surface area contributed by atoms with E-state index in [2.05, 4.69) is 0 Å². The third-order valence-electron chi connectivity index (χ3n) is 2.97. The van der Waals surface area contributed by atoms with Crippen molar-refractivity contribution in [2.45, 2.75) is 6.61 Å². The van der Waals surface area contributed by atoms with Gasteiger partial charge >= 0.3 is 5.97 Å². The van der Waals surface area contributed by atoms with Crippen molar-refractivity contribution in [1.82, 2.24) is 5.06 Å². The summed E-state index contributed by atoms with van der Waals surface area (Å²) in [4.78, 5) is 39.8. The van der Waals surface area contributed by atoms with E-state index in [1.54, 1.807) is 12.1 Å². The maximum Gasteiger partial charge on any atom is 0.371 e. The summed E-state index contributed by atoms with van der Waals surface area (Å²) in [6.07, 6.45) is 0. The molecule has 2 heterocycles. The van der Waals surface area contributed by atoms with Crippen LogP contribution in [0.2, 0.25) is 0 Å². The summed E-state index contributed by atoms with van der Waals surface area (Å²) in [6.45, 7) is -0.223. The number of rotatable bonds is 4. The lowest BCUT2D eigenvalue weighted by atomic mass is 10.1. The van der Waals surface area contributed by atoms with Crippen molar-refractivity contribution >= 4 is 17.8 Å². The zero-order valence-corrected chi connectivity index (χ0v) is 10.6. The van der Waals surface area contributed by atoms with Crippen LogP contribution in [0.5, 0.6) is 0 Å². The molecule has 3 rings (SSSR count). The summed E-state index contributed by atoms with van der Waals surface area (Å²) in [5, 5.41) is 9.37. The maximum atomic E-state index is 12.0. The van der Waals surface area contributed by atoms with Crippen molar-refractivity contribution < 1.29 is 28.7 Å². The fourth-order valence-corrected chi connectivity index (χ4v) is 1.98. The summed E-state index contributed by atoms with van der Waals surface area (Å²) in [5.41, 5.74) is 0.543. The second kappa shape index (κ2) is 4.88. The summed E-state index contributed by atoms with van der Waals surface area (Å²) in [6, 6.07) is 9.05. The average molecular weight is 287 g/mol. The van der Waals surface area contributed by atoms with Gasteiger partial charge in [-0.2, -0.15) is 0 Å². The second-order valence-electron chi connectivity index (χ2n) is 4.29. The first-order valence-corrected chi connectivity index (χ1v) is 6.00. The van der Waals surface area contributed by atoms with Gasteiger partial charge in [-0.25, -0.2) is 4.79 Å². The minimum atomic E-state index is -1.21. The Balaban J connectivity index is 1.73. The van der Waals surface area contributed by atoms with E-state index in [4.69, 9.17) is 14.4 Å². The van der Waals surface area contributed by atoms with Gasteiger partial charge in [0.05, 0.1) is 11.1 Å². The Labute approximate surface area is 118 Å². The van der Waals surface area contributed by atoms with Crippen LogP contribution in [-0.4, -0.2) is 28.0 Å². The molecule has 7 nitrogen and oxygen atoms in total. The molecular weight excluding hydrogens is 278 g/mol. The number of furan rings is 1. The first-order valence-electron chi connectivity index (χ1n) is 6.00. The molecule has 106 valence electrons. The van der Waals surface area contributed by atoms with E-state index < -0.39 is 17.8 Å². The zero-order valence-electron chi connectivity index (χ0n) is 10.6. The number of carbonyl (C=O) groups excluding carboxylic acids is 2. The Kier molecular flexibility index (Phi) is 3.03. The predicted molar refractivity (Wildman–Crippen MR) is 67.4 cm³/mol. The molecule has 0 fully saturated rings. The highest BCUT2D eigenvalue weighted by atomic mass is 16.7. The Hall–Kier alpha value is -2.93. The van der Waals surface area contributed by atoms with E-state index in [-0.39, 0.29) is 29.3 Å². The van der Waals surface area contributed by atoms with Gasteiger partial charge in [0, 0.05) is 0 Å². The molecule has 0 unspecified atom stereocenters. The molecule has 2 aromatic rings. The van der Waals surface area contributed by atoms with Crippen LogP contribution in [0.4, 0.5) is 0 Å². The Morgan fingerprint density at radius 2 is 1.71 bits per heavy atom. The van der Waals surface area contributed by atoms with Crippen LogP contribution in [0.1, 0.15) is 37.0 Å². The molecule has 1 aliphatic rings. The van der Waals surface area contributed by atoms with Crippen LogP contribution in [0.25, 0.3) is 0 Å². The third kappa shape index (κ3) is 2.19. The molecule has 0 aliphatic carbocycles. The summed E-state index contributed by atoms with van der Waals surface area (Å²) < 4.78 is 4.98. The topological polar surface area (TPSA) is 97.0 Å². The molecular formula is C14H9NO6. The van der Waals surface area contributed by atoms with Crippen molar-refractivity contribution in [3.8, 4) is 0 Å². The number of benzene rings is 1. The third-order valence-corrected chi connectivity index (χ3v) is 2.97. The van der Waals surface area contributed by atoms with E-state index >= 15 is 0 Å². The van der Waals surface area contributed by atoms with Crippen molar-refractivity contribution in [2.24, 2.45) is 0 Å². The molecule has 1 N–H and O–H groups in total. The SMILES string of the molecule is O=C(O)c1ccc(CON2C(=O)c3ccccc3C2=O)o1. The highest BCUT2D eigenvalue weighted by molar-refractivity contribution is 6.20. The first kappa shape index (κ1) is 13.1. The van der Waals surface area contributed by atoms with Crippen LogP contribution in [0.3, 0.4) is 0 Å². The quantitative estimate of drug-likeness (QED) is 0.860. The minimum Gasteiger partial charge on any atom is -0.475 e. The van der Waals surface area contributed by atoms with E-state index in [0.29, 0.717) is 5.06 Å². The molecule has 0 saturated heterocycles. The van der Waals surface area contributed by atoms with Crippen LogP contribution < -0.4 is 0 Å². The summed E-state index contributed by atoms with van der Waals surface area (Å²) in [5.74, 6) is -2.36. The monoisotopic (exact) mass is 287 g/mol. The molecule has 1 aromatic heterocycles. The number of hydrogen-bond donors (Lipinski definition) is 1. The van der Waals surface area contributed by atoms with Crippen LogP contribution in [-0.2, 0) is 11.4 Å². The second-order valence-corrected chi connectivity index (χ2v) is 4.29. The van der Waals surface area contributed by atoms with Gasteiger partial charge < -0.3 is 9.52 Å². The predicted octanol–water partition coefficient (Wildman–Crippen LogP) is 1.71. The fourth-order valence-electron chi connectivity index (χ4n) is 1.98. The molecule has 0 atom stereocenters. The van der Waals surface area contributed by atoms with Crippen molar-refractivity contribution in [2.75, 3.05) is 0 Å². The van der Waals surface area contributed by atoms with Gasteiger partial charge in [0.1, 0.15) is 12.4 Å². The van der Waals surface area contributed by atoms with Crippen molar-refractivity contribution in [3.05, 3.63) is 59.0 Å². The Bertz CT molecular complexity index is 712. The number of aromatic carboxylic acids is 1. The van der Waals surface area contributed by atoms with Crippen molar-refractivity contribution in [1.29, 1.82) is 0 Å². The maximum absolute atomic E-state index is 12.0. The van der Waals surface area contributed by atoms with Gasteiger partial charge in [-0.1, -0.05) is 12.1 Å². The molecule has 1 aliphatic heterocycles. The standard InChI is InChI=1S/C14H9NO6/c16-12-9-3-1-2-4-10(9)13(17)15(12)20-7-8-5-6-11(21-8)14(18)19/h1-6H,7H2,(H,18,19). The van der Waals surface area contributed by atoms with Crippen LogP contribution in [0, 0.1) is 0 Å². The molecule has 0 radical (unpaired) electrons. The van der Waals surface area contributed by atoms with Gasteiger partial charge in [0.2, 0.25) is 5.76 Å². The molecule has 7 heteroatoms. The Morgan fingerprint density at radius 3 is 2.24 bits per heavy atom. The zero-order chi connectivity index (χ0) is 15.0.